The van der Waals surface area contributed by atoms with Gasteiger partial charge in [-0.15, -0.1) is 0 Å². The topological polar surface area (TPSA) is 102 Å². The zero-order chi connectivity index (χ0) is 20.9. The molecule has 0 aliphatic carbocycles. The second-order valence-corrected chi connectivity index (χ2v) is 8.92. The molecule has 0 saturated carbocycles. The third kappa shape index (κ3) is 6.81. The number of anilines is 2. The van der Waals surface area contributed by atoms with E-state index in [1.54, 1.807) is 36.4 Å². The smallest absolute Gasteiger partial charge is 0.229 e. The summed E-state index contributed by atoms with van der Waals surface area (Å²) >= 11 is 0. The van der Waals surface area contributed by atoms with Crippen molar-refractivity contribution < 1.29 is 23.4 Å². The monoisotopic (exact) mass is 421 g/mol. The Morgan fingerprint density at radius 2 is 1.66 bits per heavy atom. The predicted molar refractivity (Wildman–Crippen MR) is 113 cm³/mol. The highest BCUT2D eigenvalue weighted by molar-refractivity contribution is 7.92. The summed E-state index contributed by atoms with van der Waals surface area (Å²) in [6.07, 6.45) is 0.474. The third-order valence-electron chi connectivity index (χ3n) is 4.66. The number of β-amino-alcohol motifs (C(OH)–C–C–N with tert-alkyl or cyclic N) is 1. The summed E-state index contributed by atoms with van der Waals surface area (Å²) in [5.74, 6) is 0.831. The second kappa shape index (κ2) is 9.34. The molecule has 3 rings (SSSR count). The highest BCUT2D eigenvalue weighted by atomic mass is 32.2. The summed E-state index contributed by atoms with van der Waals surface area (Å²) in [4.78, 5) is 4.45. The Kier molecular flexibility index (Phi) is 6.83. The van der Waals surface area contributed by atoms with Crippen molar-refractivity contribution >= 4 is 21.4 Å². The van der Waals surface area contributed by atoms with Gasteiger partial charge in [-0.3, -0.25) is 9.62 Å². The molecule has 158 valence electrons. The Balaban J connectivity index is 1.40. The van der Waals surface area contributed by atoms with E-state index in [0.29, 0.717) is 18.0 Å². The van der Waals surface area contributed by atoms with Gasteiger partial charge in [0.2, 0.25) is 10.0 Å². The standard InChI is InChI=1S/C20H27N3O5S/c1-29(26,27)21-16-2-8-20(9-3-16)28-15-19(25)14-22-10-12-23(13-11-22)17-4-6-18(24)7-5-17/h2-9,19,21,24-25H,10-15H2,1H3. The summed E-state index contributed by atoms with van der Waals surface area (Å²) in [6.45, 7) is 4.07. The number of aliphatic hydroxyl groups is 1. The van der Waals surface area contributed by atoms with Crippen LogP contribution in [0.15, 0.2) is 48.5 Å². The van der Waals surface area contributed by atoms with Crippen LogP contribution in [0.4, 0.5) is 11.4 Å². The van der Waals surface area contributed by atoms with Crippen molar-refractivity contribution in [3.05, 3.63) is 48.5 Å². The first-order chi connectivity index (χ1) is 13.8. The molecule has 0 aromatic heterocycles. The van der Waals surface area contributed by atoms with Crippen LogP contribution < -0.4 is 14.4 Å². The van der Waals surface area contributed by atoms with E-state index in [9.17, 15) is 18.6 Å². The molecule has 2 aromatic rings. The van der Waals surface area contributed by atoms with Gasteiger partial charge >= 0.3 is 0 Å². The summed E-state index contributed by atoms with van der Waals surface area (Å²) in [6, 6.07) is 13.7. The largest absolute Gasteiger partial charge is 0.508 e. The maximum absolute atomic E-state index is 11.2. The molecule has 1 atom stereocenters. The van der Waals surface area contributed by atoms with Crippen molar-refractivity contribution in [3.8, 4) is 11.5 Å². The van der Waals surface area contributed by atoms with Gasteiger partial charge in [0, 0.05) is 44.1 Å². The molecule has 1 heterocycles. The average Bonchev–Trinajstić information content (AvgIpc) is 2.68. The number of nitrogens with one attached hydrogen (secondary N) is 1. The van der Waals surface area contributed by atoms with Gasteiger partial charge in [-0.2, -0.15) is 0 Å². The second-order valence-electron chi connectivity index (χ2n) is 7.17. The first kappa shape index (κ1) is 21.2. The molecular weight excluding hydrogens is 394 g/mol. The lowest BCUT2D eigenvalue weighted by Gasteiger charge is -2.36. The van der Waals surface area contributed by atoms with E-state index in [0.717, 1.165) is 38.1 Å². The number of ether oxygens (including phenoxy) is 1. The molecule has 2 aromatic carbocycles. The maximum Gasteiger partial charge on any atom is 0.229 e. The Labute approximate surface area is 171 Å². The molecule has 0 spiro atoms. The molecular formula is C20H27N3O5S. The van der Waals surface area contributed by atoms with Gasteiger partial charge in [0.05, 0.1) is 6.26 Å². The van der Waals surface area contributed by atoms with Gasteiger partial charge in [0.1, 0.15) is 24.2 Å². The maximum atomic E-state index is 11.2. The van der Waals surface area contributed by atoms with E-state index < -0.39 is 16.1 Å². The molecule has 0 radical (unpaired) electrons. The van der Waals surface area contributed by atoms with Crippen LogP contribution in [0.1, 0.15) is 0 Å². The van der Waals surface area contributed by atoms with Crippen LogP contribution in [-0.2, 0) is 10.0 Å². The number of sulfonamides is 1. The van der Waals surface area contributed by atoms with E-state index >= 15 is 0 Å². The highest BCUT2D eigenvalue weighted by Crippen LogP contribution is 2.20. The van der Waals surface area contributed by atoms with Crippen LogP contribution in [-0.4, -0.2) is 75.2 Å². The number of piperazine rings is 1. The number of benzene rings is 2. The SMILES string of the molecule is CS(=O)(=O)Nc1ccc(OCC(O)CN2CCN(c3ccc(O)cc3)CC2)cc1. The number of phenolic OH excluding ortho intramolecular Hbond substituents is 1. The van der Waals surface area contributed by atoms with E-state index in [4.69, 9.17) is 4.74 Å². The number of hydrogen-bond donors (Lipinski definition) is 3. The Hall–Kier alpha value is -2.49. The van der Waals surface area contributed by atoms with Crippen LogP contribution >= 0.6 is 0 Å². The van der Waals surface area contributed by atoms with Crippen LogP contribution in [0.2, 0.25) is 0 Å². The average molecular weight is 422 g/mol. The third-order valence-corrected chi connectivity index (χ3v) is 5.26. The molecule has 0 bridgehead atoms. The van der Waals surface area contributed by atoms with Crippen molar-refractivity contribution in [3.63, 3.8) is 0 Å². The molecule has 8 nitrogen and oxygen atoms in total. The lowest BCUT2D eigenvalue weighted by atomic mass is 10.2. The number of rotatable bonds is 8. The summed E-state index contributed by atoms with van der Waals surface area (Å²) in [7, 11) is -3.31. The number of aromatic hydroxyl groups is 1. The van der Waals surface area contributed by atoms with Gasteiger partial charge in [0.15, 0.2) is 0 Å². The Morgan fingerprint density at radius 1 is 1.03 bits per heavy atom. The first-order valence-corrected chi connectivity index (χ1v) is 11.3. The summed E-state index contributed by atoms with van der Waals surface area (Å²) in [5, 5.41) is 19.7. The quantitative estimate of drug-likeness (QED) is 0.591. The molecule has 0 amide bonds. The zero-order valence-corrected chi connectivity index (χ0v) is 17.2. The van der Waals surface area contributed by atoms with Crippen molar-refractivity contribution in [2.45, 2.75) is 6.10 Å². The van der Waals surface area contributed by atoms with E-state index in [-0.39, 0.29) is 12.4 Å². The van der Waals surface area contributed by atoms with Crippen LogP contribution in [0.3, 0.4) is 0 Å². The summed E-state index contributed by atoms with van der Waals surface area (Å²) in [5.41, 5.74) is 1.55. The summed E-state index contributed by atoms with van der Waals surface area (Å²) < 4.78 is 30.4. The number of aliphatic hydroxyl groups excluding tert-OH is 1. The molecule has 1 aliphatic heterocycles. The van der Waals surface area contributed by atoms with Crippen molar-refractivity contribution in [1.82, 2.24) is 4.90 Å². The van der Waals surface area contributed by atoms with E-state index in [1.165, 1.54) is 0 Å². The Morgan fingerprint density at radius 3 is 2.24 bits per heavy atom. The molecule has 3 N–H and O–H groups in total. The molecule has 1 unspecified atom stereocenters. The minimum absolute atomic E-state index is 0.164. The van der Waals surface area contributed by atoms with Crippen molar-refractivity contribution in [2.24, 2.45) is 0 Å². The lowest BCUT2D eigenvalue weighted by Crippen LogP contribution is -2.49. The van der Waals surface area contributed by atoms with Gasteiger partial charge in [-0.25, -0.2) is 8.42 Å². The van der Waals surface area contributed by atoms with Crippen molar-refractivity contribution in [2.75, 3.05) is 55.2 Å². The first-order valence-electron chi connectivity index (χ1n) is 9.43. The highest BCUT2D eigenvalue weighted by Gasteiger charge is 2.19. The normalized spacial score (nSPS) is 16.4. The fourth-order valence-electron chi connectivity index (χ4n) is 3.23. The van der Waals surface area contributed by atoms with E-state index in [1.807, 2.05) is 12.1 Å². The minimum Gasteiger partial charge on any atom is -0.508 e. The van der Waals surface area contributed by atoms with E-state index in [2.05, 4.69) is 14.5 Å². The number of nitrogens with zero attached hydrogens (tertiary/aromatic N) is 2. The number of phenols is 1. The van der Waals surface area contributed by atoms with Gasteiger partial charge < -0.3 is 19.8 Å². The fourth-order valence-corrected chi connectivity index (χ4v) is 3.79. The predicted octanol–water partition coefficient (Wildman–Crippen LogP) is 1.33. The molecule has 29 heavy (non-hydrogen) atoms. The van der Waals surface area contributed by atoms with Gasteiger partial charge in [-0.1, -0.05) is 0 Å². The van der Waals surface area contributed by atoms with Crippen LogP contribution in [0.25, 0.3) is 0 Å². The van der Waals surface area contributed by atoms with Crippen molar-refractivity contribution in [1.29, 1.82) is 0 Å². The molecule has 1 fully saturated rings. The molecule has 1 aliphatic rings. The molecule has 9 heteroatoms. The van der Waals surface area contributed by atoms with Gasteiger partial charge in [0.25, 0.3) is 0 Å². The van der Waals surface area contributed by atoms with Crippen LogP contribution in [0.5, 0.6) is 11.5 Å². The minimum atomic E-state index is -3.31. The fraction of sp³-hybridized carbons (Fsp3) is 0.400. The lowest BCUT2D eigenvalue weighted by molar-refractivity contribution is 0.0663. The van der Waals surface area contributed by atoms with Gasteiger partial charge in [-0.05, 0) is 48.5 Å². The zero-order valence-electron chi connectivity index (χ0n) is 16.4. The Bertz CT molecular complexity index is 879. The van der Waals surface area contributed by atoms with Crippen LogP contribution in [0, 0.1) is 0 Å². The molecule has 1 saturated heterocycles. The number of hydrogen-bond acceptors (Lipinski definition) is 7.